The molecule has 1 atom stereocenters. The monoisotopic (exact) mass is 339 g/mol. The van der Waals surface area contributed by atoms with E-state index in [1.807, 2.05) is 37.4 Å². The largest absolute Gasteiger partial charge is 0.497 e. The van der Waals surface area contributed by atoms with E-state index in [-0.39, 0.29) is 0 Å². The Morgan fingerprint density at radius 3 is 2.88 bits per heavy atom. The van der Waals surface area contributed by atoms with E-state index < -0.39 is 0 Å². The summed E-state index contributed by atoms with van der Waals surface area (Å²) in [6.07, 6.45) is 2.95. The summed E-state index contributed by atoms with van der Waals surface area (Å²) in [6, 6.07) is 8.02. The minimum Gasteiger partial charge on any atom is -0.497 e. The molecule has 1 aliphatic heterocycles. The standard InChI is InChI=1S/C18H21N5O2/c1-12-20-18(25-22-12)14-7-8-23(10-14)11-15-9-19-21-17(15)13-3-5-16(24-2)6-4-13/h3-6,9,14H,7-8,10-11H2,1-2H3,(H,19,21). The number of aromatic amines is 1. The first-order valence-electron chi connectivity index (χ1n) is 8.42. The Hall–Kier alpha value is -2.67. The molecule has 0 bridgehead atoms. The second-order valence-corrected chi connectivity index (χ2v) is 6.40. The van der Waals surface area contributed by atoms with Crippen molar-refractivity contribution >= 4 is 0 Å². The number of aryl methyl sites for hydroxylation is 1. The van der Waals surface area contributed by atoms with Crippen molar-refractivity contribution in [3.8, 4) is 17.0 Å². The van der Waals surface area contributed by atoms with Crippen molar-refractivity contribution < 1.29 is 9.26 Å². The molecule has 7 nitrogen and oxygen atoms in total. The second kappa shape index (κ2) is 6.68. The van der Waals surface area contributed by atoms with Gasteiger partial charge < -0.3 is 9.26 Å². The molecule has 1 saturated heterocycles. The number of H-pyrrole nitrogens is 1. The van der Waals surface area contributed by atoms with Crippen LogP contribution in [0.2, 0.25) is 0 Å². The predicted octanol–water partition coefficient (Wildman–Crippen LogP) is 2.77. The van der Waals surface area contributed by atoms with E-state index in [0.717, 1.165) is 49.0 Å². The molecule has 4 rings (SSSR count). The van der Waals surface area contributed by atoms with Gasteiger partial charge in [0.15, 0.2) is 5.82 Å². The average molecular weight is 339 g/mol. The van der Waals surface area contributed by atoms with Gasteiger partial charge in [-0.05, 0) is 44.2 Å². The topological polar surface area (TPSA) is 80.1 Å². The molecule has 0 saturated carbocycles. The van der Waals surface area contributed by atoms with Crippen LogP contribution in [0.3, 0.4) is 0 Å². The first kappa shape index (κ1) is 15.8. The maximum Gasteiger partial charge on any atom is 0.231 e. The lowest BCUT2D eigenvalue weighted by Gasteiger charge is -2.15. The molecule has 0 aliphatic carbocycles. The van der Waals surface area contributed by atoms with Gasteiger partial charge in [-0.15, -0.1) is 0 Å². The molecule has 130 valence electrons. The molecule has 3 aromatic rings. The Bertz CT molecular complexity index is 839. The molecule has 25 heavy (non-hydrogen) atoms. The SMILES string of the molecule is COc1ccc(-c2[nH]ncc2CN2CCC(c3nc(C)no3)C2)cc1. The lowest BCUT2D eigenvalue weighted by atomic mass is 10.1. The molecule has 1 unspecified atom stereocenters. The first-order valence-corrected chi connectivity index (χ1v) is 8.42. The van der Waals surface area contributed by atoms with Gasteiger partial charge in [0.1, 0.15) is 5.75 Å². The normalized spacial score (nSPS) is 17.9. The van der Waals surface area contributed by atoms with Crippen LogP contribution in [0, 0.1) is 6.92 Å². The van der Waals surface area contributed by atoms with Crippen molar-refractivity contribution in [2.45, 2.75) is 25.8 Å². The Balaban J connectivity index is 1.46. The van der Waals surface area contributed by atoms with Crippen molar-refractivity contribution in [2.24, 2.45) is 0 Å². The fourth-order valence-corrected chi connectivity index (χ4v) is 3.34. The number of methoxy groups -OCH3 is 1. The maximum atomic E-state index is 5.33. The summed E-state index contributed by atoms with van der Waals surface area (Å²) in [4.78, 5) is 6.78. The predicted molar refractivity (Wildman–Crippen MR) is 92.2 cm³/mol. The fraction of sp³-hybridized carbons (Fsp3) is 0.389. The van der Waals surface area contributed by atoms with E-state index in [4.69, 9.17) is 9.26 Å². The Morgan fingerprint density at radius 2 is 2.16 bits per heavy atom. The van der Waals surface area contributed by atoms with E-state index in [2.05, 4.69) is 25.2 Å². The van der Waals surface area contributed by atoms with Crippen LogP contribution in [0.4, 0.5) is 0 Å². The molecule has 0 radical (unpaired) electrons. The lowest BCUT2D eigenvalue weighted by molar-refractivity contribution is 0.309. The van der Waals surface area contributed by atoms with E-state index in [1.54, 1.807) is 7.11 Å². The highest BCUT2D eigenvalue weighted by atomic mass is 16.5. The summed E-state index contributed by atoms with van der Waals surface area (Å²) in [5.74, 6) is 2.62. The van der Waals surface area contributed by atoms with Crippen molar-refractivity contribution in [1.82, 2.24) is 25.2 Å². The molecule has 0 spiro atoms. The van der Waals surface area contributed by atoms with Crippen LogP contribution in [-0.4, -0.2) is 45.4 Å². The third kappa shape index (κ3) is 3.28. The summed E-state index contributed by atoms with van der Waals surface area (Å²) in [5.41, 5.74) is 3.35. The molecule has 1 aliphatic rings. The third-order valence-electron chi connectivity index (χ3n) is 4.66. The van der Waals surface area contributed by atoms with Crippen LogP contribution in [0.25, 0.3) is 11.3 Å². The van der Waals surface area contributed by atoms with Crippen LogP contribution in [-0.2, 0) is 6.54 Å². The van der Waals surface area contributed by atoms with E-state index in [9.17, 15) is 0 Å². The van der Waals surface area contributed by atoms with Crippen LogP contribution in [0.15, 0.2) is 35.0 Å². The third-order valence-corrected chi connectivity index (χ3v) is 4.66. The van der Waals surface area contributed by atoms with Crippen LogP contribution in [0.5, 0.6) is 5.75 Å². The summed E-state index contributed by atoms with van der Waals surface area (Å²) in [6.45, 7) is 4.64. The number of ether oxygens (including phenoxy) is 1. The highest BCUT2D eigenvalue weighted by Crippen LogP contribution is 2.29. The van der Waals surface area contributed by atoms with E-state index in [0.29, 0.717) is 11.7 Å². The fourth-order valence-electron chi connectivity index (χ4n) is 3.34. The van der Waals surface area contributed by atoms with Gasteiger partial charge in [-0.25, -0.2) is 0 Å². The molecule has 1 fully saturated rings. The van der Waals surface area contributed by atoms with Gasteiger partial charge >= 0.3 is 0 Å². The summed E-state index contributed by atoms with van der Waals surface area (Å²) in [5, 5.41) is 11.3. The highest BCUT2D eigenvalue weighted by Gasteiger charge is 2.28. The van der Waals surface area contributed by atoms with Gasteiger partial charge in [0.05, 0.1) is 24.9 Å². The van der Waals surface area contributed by atoms with Gasteiger partial charge in [-0.1, -0.05) is 5.16 Å². The zero-order valence-electron chi connectivity index (χ0n) is 14.4. The van der Waals surface area contributed by atoms with Crippen molar-refractivity contribution in [2.75, 3.05) is 20.2 Å². The summed E-state index contributed by atoms with van der Waals surface area (Å²) < 4.78 is 10.6. The first-order chi connectivity index (χ1) is 12.2. The highest BCUT2D eigenvalue weighted by molar-refractivity contribution is 5.63. The number of aromatic nitrogens is 4. The smallest absolute Gasteiger partial charge is 0.231 e. The van der Waals surface area contributed by atoms with Crippen molar-refractivity contribution in [3.63, 3.8) is 0 Å². The average Bonchev–Trinajstić information content (AvgIpc) is 3.36. The molecule has 1 aromatic carbocycles. The quantitative estimate of drug-likeness (QED) is 0.770. The molecular formula is C18H21N5O2. The molecule has 0 amide bonds. The molecule has 3 heterocycles. The molecule has 1 N–H and O–H groups in total. The molecule has 7 heteroatoms. The van der Waals surface area contributed by atoms with Crippen LogP contribution in [0.1, 0.15) is 29.6 Å². The second-order valence-electron chi connectivity index (χ2n) is 6.40. The van der Waals surface area contributed by atoms with Gasteiger partial charge in [0.25, 0.3) is 0 Å². The minimum absolute atomic E-state index is 0.317. The number of rotatable bonds is 5. The lowest BCUT2D eigenvalue weighted by Crippen LogP contribution is -2.20. The number of benzene rings is 1. The van der Waals surface area contributed by atoms with E-state index in [1.165, 1.54) is 5.56 Å². The minimum atomic E-state index is 0.317. The van der Waals surface area contributed by atoms with Crippen molar-refractivity contribution in [1.29, 1.82) is 0 Å². The number of likely N-dealkylation sites (tertiary alicyclic amines) is 1. The van der Waals surface area contributed by atoms with Crippen molar-refractivity contribution in [3.05, 3.63) is 47.7 Å². The number of hydrogen-bond acceptors (Lipinski definition) is 6. The van der Waals surface area contributed by atoms with Crippen LogP contribution >= 0.6 is 0 Å². The zero-order chi connectivity index (χ0) is 17.2. The van der Waals surface area contributed by atoms with Crippen LogP contribution < -0.4 is 4.74 Å². The number of nitrogens with one attached hydrogen (secondary N) is 1. The number of nitrogens with zero attached hydrogens (tertiary/aromatic N) is 4. The summed E-state index contributed by atoms with van der Waals surface area (Å²) in [7, 11) is 1.67. The molecule has 2 aromatic heterocycles. The Labute approximate surface area is 146 Å². The molecular weight excluding hydrogens is 318 g/mol. The summed E-state index contributed by atoms with van der Waals surface area (Å²) >= 11 is 0. The zero-order valence-corrected chi connectivity index (χ0v) is 14.4. The number of hydrogen-bond donors (Lipinski definition) is 1. The maximum absolute atomic E-state index is 5.33. The van der Waals surface area contributed by atoms with Gasteiger partial charge in [-0.2, -0.15) is 10.1 Å². The Kier molecular flexibility index (Phi) is 4.23. The Morgan fingerprint density at radius 1 is 1.32 bits per heavy atom. The van der Waals surface area contributed by atoms with Gasteiger partial charge in [0.2, 0.25) is 5.89 Å². The van der Waals surface area contributed by atoms with Gasteiger partial charge in [-0.3, -0.25) is 10.00 Å². The van der Waals surface area contributed by atoms with Gasteiger partial charge in [0, 0.05) is 24.2 Å². The van der Waals surface area contributed by atoms with E-state index >= 15 is 0 Å².